The zero-order valence-electron chi connectivity index (χ0n) is 11.3. The van der Waals surface area contributed by atoms with Gasteiger partial charge < -0.3 is 10.6 Å². The summed E-state index contributed by atoms with van der Waals surface area (Å²) in [6, 6.07) is 6.29. The zero-order chi connectivity index (χ0) is 13.1. The molecule has 0 aromatic heterocycles. The van der Waals surface area contributed by atoms with E-state index in [1.165, 1.54) is 11.1 Å². The highest BCUT2D eigenvalue weighted by Gasteiger charge is 2.25. The molecule has 1 amide bonds. The molecule has 0 bridgehead atoms. The van der Waals surface area contributed by atoms with Gasteiger partial charge in [-0.05, 0) is 43.9 Å². The summed E-state index contributed by atoms with van der Waals surface area (Å²) in [6.45, 7) is 6.52. The Morgan fingerprint density at radius 3 is 2.89 bits per heavy atom. The van der Waals surface area contributed by atoms with Crippen molar-refractivity contribution in [3.05, 3.63) is 34.9 Å². The minimum atomic E-state index is 0.236. The van der Waals surface area contributed by atoms with Gasteiger partial charge in [0.2, 0.25) is 5.91 Å². The lowest BCUT2D eigenvalue weighted by Gasteiger charge is -2.17. The smallest absolute Gasteiger partial charge is 0.227 e. The number of carbonyl (C=O) groups excluding carboxylic acids is 1. The average Bonchev–Trinajstić information content (AvgIpc) is 2.82. The highest BCUT2D eigenvalue weighted by atomic mass is 16.2. The van der Waals surface area contributed by atoms with Gasteiger partial charge in [0.15, 0.2) is 0 Å². The van der Waals surface area contributed by atoms with E-state index >= 15 is 0 Å². The molecule has 1 saturated heterocycles. The molecule has 98 valence electrons. The van der Waals surface area contributed by atoms with Crippen LogP contribution in [0.15, 0.2) is 18.2 Å². The highest BCUT2D eigenvalue weighted by Crippen LogP contribution is 2.18. The summed E-state index contributed by atoms with van der Waals surface area (Å²) >= 11 is 0. The molecular weight excluding hydrogens is 224 g/mol. The molecule has 3 nitrogen and oxygen atoms in total. The molecule has 1 aliphatic rings. The van der Waals surface area contributed by atoms with E-state index in [0.29, 0.717) is 18.9 Å². The van der Waals surface area contributed by atoms with Gasteiger partial charge in [-0.3, -0.25) is 4.79 Å². The van der Waals surface area contributed by atoms with Crippen molar-refractivity contribution in [2.75, 3.05) is 19.6 Å². The lowest BCUT2D eigenvalue weighted by molar-refractivity contribution is -0.129. The van der Waals surface area contributed by atoms with Gasteiger partial charge in [-0.25, -0.2) is 0 Å². The van der Waals surface area contributed by atoms with E-state index in [2.05, 4.69) is 32.0 Å². The normalized spacial score (nSPS) is 19.3. The van der Waals surface area contributed by atoms with Crippen LogP contribution in [0.1, 0.15) is 23.1 Å². The zero-order valence-corrected chi connectivity index (χ0v) is 11.3. The molecular formula is C15H22N2O. The number of hydrogen-bond acceptors (Lipinski definition) is 2. The van der Waals surface area contributed by atoms with Crippen LogP contribution < -0.4 is 5.73 Å². The van der Waals surface area contributed by atoms with Crippen molar-refractivity contribution in [2.24, 2.45) is 11.7 Å². The number of nitrogens with two attached hydrogens (primary N) is 1. The number of carbonyl (C=O) groups is 1. The standard InChI is InChI=1S/C15H22N2O/c1-11-3-4-12(2)14(7-11)8-15(18)17-6-5-13(9-16)10-17/h3-4,7,13H,5-6,8-10,16H2,1-2H3/t13-/m0/s1. The van der Waals surface area contributed by atoms with E-state index < -0.39 is 0 Å². The van der Waals surface area contributed by atoms with Crippen molar-refractivity contribution in [1.29, 1.82) is 0 Å². The summed E-state index contributed by atoms with van der Waals surface area (Å²) in [5.41, 5.74) is 9.21. The van der Waals surface area contributed by atoms with E-state index in [0.717, 1.165) is 25.1 Å². The van der Waals surface area contributed by atoms with Crippen LogP contribution in [0.3, 0.4) is 0 Å². The first-order valence-corrected chi connectivity index (χ1v) is 6.64. The lowest BCUT2D eigenvalue weighted by atomic mass is 10.0. The van der Waals surface area contributed by atoms with Crippen molar-refractivity contribution < 1.29 is 4.79 Å². The third-order valence-corrected chi connectivity index (χ3v) is 3.82. The predicted molar refractivity (Wildman–Crippen MR) is 73.4 cm³/mol. The summed E-state index contributed by atoms with van der Waals surface area (Å²) in [7, 11) is 0. The molecule has 1 aromatic carbocycles. The Labute approximate surface area is 109 Å². The van der Waals surface area contributed by atoms with Crippen LogP contribution in [0.4, 0.5) is 0 Å². The molecule has 0 saturated carbocycles. The van der Waals surface area contributed by atoms with Gasteiger partial charge in [-0.2, -0.15) is 0 Å². The van der Waals surface area contributed by atoms with E-state index in [1.54, 1.807) is 0 Å². The van der Waals surface area contributed by atoms with Gasteiger partial charge in [0.05, 0.1) is 6.42 Å². The first-order chi connectivity index (χ1) is 8.60. The molecule has 1 aliphatic heterocycles. The summed E-state index contributed by atoms with van der Waals surface area (Å²) in [6.07, 6.45) is 1.57. The van der Waals surface area contributed by atoms with Crippen LogP contribution in [-0.2, 0) is 11.2 Å². The van der Waals surface area contributed by atoms with Gasteiger partial charge in [0.25, 0.3) is 0 Å². The summed E-state index contributed by atoms with van der Waals surface area (Å²) in [5, 5.41) is 0. The Morgan fingerprint density at radius 2 is 2.22 bits per heavy atom. The summed E-state index contributed by atoms with van der Waals surface area (Å²) in [5.74, 6) is 0.729. The molecule has 2 rings (SSSR count). The Bertz CT molecular complexity index is 442. The quantitative estimate of drug-likeness (QED) is 0.881. The van der Waals surface area contributed by atoms with Gasteiger partial charge in [0, 0.05) is 13.1 Å². The Hall–Kier alpha value is -1.35. The molecule has 0 unspecified atom stereocenters. The number of likely N-dealkylation sites (tertiary alicyclic amines) is 1. The fourth-order valence-corrected chi connectivity index (χ4v) is 2.52. The molecule has 2 N–H and O–H groups in total. The van der Waals surface area contributed by atoms with E-state index in [9.17, 15) is 4.79 Å². The van der Waals surface area contributed by atoms with Gasteiger partial charge >= 0.3 is 0 Å². The monoisotopic (exact) mass is 246 g/mol. The van der Waals surface area contributed by atoms with Crippen LogP contribution in [-0.4, -0.2) is 30.4 Å². The van der Waals surface area contributed by atoms with Gasteiger partial charge in [-0.1, -0.05) is 23.8 Å². The van der Waals surface area contributed by atoms with Crippen LogP contribution in [0.2, 0.25) is 0 Å². The molecule has 0 radical (unpaired) electrons. The van der Waals surface area contributed by atoms with Gasteiger partial charge in [0.1, 0.15) is 0 Å². The Morgan fingerprint density at radius 1 is 1.44 bits per heavy atom. The average molecular weight is 246 g/mol. The number of nitrogens with zero attached hydrogens (tertiary/aromatic N) is 1. The SMILES string of the molecule is Cc1ccc(C)c(CC(=O)N2CC[C@@H](CN)C2)c1. The second-order valence-corrected chi connectivity index (χ2v) is 5.34. The number of amides is 1. The molecule has 3 heteroatoms. The van der Waals surface area contributed by atoms with Crippen LogP contribution in [0.25, 0.3) is 0 Å². The maximum Gasteiger partial charge on any atom is 0.227 e. The van der Waals surface area contributed by atoms with Crippen LogP contribution in [0.5, 0.6) is 0 Å². The van der Waals surface area contributed by atoms with Crippen molar-refractivity contribution in [3.8, 4) is 0 Å². The molecule has 1 heterocycles. The molecule has 1 fully saturated rings. The predicted octanol–water partition coefficient (Wildman–Crippen LogP) is 1.65. The van der Waals surface area contributed by atoms with Crippen LogP contribution in [0, 0.1) is 19.8 Å². The van der Waals surface area contributed by atoms with Crippen molar-refractivity contribution >= 4 is 5.91 Å². The van der Waals surface area contributed by atoms with Crippen molar-refractivity contribution in [3.63, 3.8) is 0 Å². The van der Waals surface area contributed by atoms with Crippen LogP contribution >= 0.6 is 0 Å². The van der Waals surface area contributed by atoms with E-state index in [1.807, 2.05) is 4.90 Å². The molecule has 0 spiro atoms. The topological polar surface area (TPSA) is 46.3 Å². The number of rotatable bonds is 3. The summed E-state index contributed by atoms with van der Waals surface area (Å²) in [4.78, 5) is 14.2. The number of hydrogen-bond donors (Lipinski definition) is 1. The Kier molecular flexibility index (Phi) is 4.02. The number of benzene rings is 1. The maximum atomic E-state index is 12.2. The first-order valence-electron chi connectivity index (χ1n) is 6.64. The third-order valence-electron chi connectivity index (χ3n) is 3.82. The van der Waals surface area contributed by atoms with E-state index in [4.69, 9.17) is 5.73 Å². The summed E-state index contributed by atoms with van der Waals surface area (Å²) < 4.78 is 0. The number of aryl methyl sites for hydroxylation is 2. The molecule has 0 aliphatic carbocycles. The Balaban J connectivity index is 2.01. The van der Waals surface area contributed by atoms with Crippen molar-refractivity contribution in [1.82, 2.24) is 4.90 Å². The molecule has 1 atom stereocenters. The maximum absolute atomic E-state index is 12.2. The fourth-order valence-electron chi connectivity index (χ4n) is 2.52. The van der Waals surface area contributed by atoms with Gasteiger partial charge in [-0.15, -0.1) is 0 Å². The fraction of sp³-hybridized carbons (Fsp3) is 0.533. The highest BCUT2D eigenvalue weighted by molar-refractivity contribution is 5.79. The largest absolute Gasteiger partial charge is 0.342 e. The minimum absolute atomic E-state index is 0.236. The second kappa shape index (κ2) is 5.53. The second-order valence-electron chi connectivity index (χ2n) is 5.34. The third kappa shape index (κ3) is 2.91. The molecule has 18 heavy (non-hydrogen) atoms. The van der Waals surface area contributed by atoms with E-state index in [-0.39, 0.29) is 5.91 Å². The minimum Gasteiger partial charge on any atom is -0.342 e. The first kappa shape index (κ1) is 13.1. The van der Waals surface area contributed by atoms with Crippen molar-refractivity contribution in [2.45, 2.75) is 26.7 Å². The molecule has 1 aromatic rings. The lowest BCUT2D eigenvalue weighted by Crippen LogP contribution is -2.31.